The summed E-state index contributed by atoms with van der Waals surface area (Å²) in [6.45, 7) is 0. The summed E-state index contributed by atoms with van der Waals surface area (Å²) >= 11 is 6.21. The van der Waals surface area contributed by atoms with Crippen LogP contribution in [0.1, 0.15) is 0 Å². The molecule has 0 aliphatic carbocycles. The normalized spacial score (nSPS) is 11.5. The van der Waals surface area contributed by atoms with E-state index in [1.54, 1.807) is 0 Å². The Morgan fingerprint density at radius 1 is 0.600 bits per heavy atom. The maximum absolute atomic E-state index is 6.25. The van der Waals surface area contributed by atoms with E-state index in [0.29, 0.717) is 17.4 Å². The van der Waals surface area contributed by atoms with E-state index in [9.17, 15) is 0 Å². The lowest BCUT2D eigenvalue weighted by atomic mass is 10.0. The Balaban J connectivity index is 1.56. The summed E-state index contributed by atoms with van der Waals surface area (Å²) in [6.07, 6.45) is 0. The minimum absolute atomic E-state index is 0.134. The third kappa shape index (κ3) is 2.73. The fraction of sp³-hybridized carbons (Fsp3) is 0. The molecule has 4 aromatic carbocycles. The van der Waals surface area contributed by atoms with Crippen molar-refractivity contribution < 1.29 is 4.42 Å². The Morgan fingerprint density at radius 2 is 1.33 bits per heavy atom. The number of nitrogens with zero attached hydrogens (tertiary/aromatic N) is 3. The molecule has 6 aromatic rings. The largest absolute Gasteiger partial charge is 0.452 e. The maximum atomic E-state index is 6.25. The van der Waals surface area contributed by atoms with Crippen molar-refractivity contribution in [3.63, 3.8) is 0 Å². The fourth-order valence-electron chi connectivity index (χ4n) is 3.87. The zero-order valence-electron chi connectivity index (χ0n) is 15.7. The highest BCUT2D eigenvalue weighted by molar-refractivity contribution is 6.28. The van der Waals surface area contributed by atoms with Crippen LogP contribution in [-0.4, -0.2) is 15.0 Å². The molecule has 0 aliphatic heterocycles. The smallest absolute Gasteiger partial charge is 0.226 e. The standard InChI is InChI=1S/C25H14ClN3O/c26-25-28-23(16-7-2-1-3-8-16)27-24(29-25)21-14-17-11-12-19-18-9-5-4-6-15(18)10-13-20(19)22(17)30-21/h1-14H. The maximum Gasteiger partial charge on any atom is 0.226 e. The number of halogens is 1. The van der Waals surface area contributed by atoms with E-state index < -0.39 is 0 Å². The van der Waals surface area contributed by atoms with Gasteiger partial charge in [0.2, 0.25) is 11.1 Å². The Hall–Kier alpha value is -3.76. The molecule has 5 heteroatoms. The highest BCUT2D eigenvalue weighted by Gasteiger charge is 2.15. The van der Waals surface area contributed by atoms with Gasteiger partial charge >= 0.3 is 0 Å². The third-order valence-corrected chi connectivity index (χ3v) is 5.44. The van der Waals surface area contributed by atoms with E-state index in [0.717, 1.165) is 27.3 Å². The summed E-state index contributed by atoms with van der Waals surface area (Å²) in [5.41, 5.74) is 1.68. The van der Waals surface area contributed by atoms with Crippen molar-refractivity contribution in [2.75, 3.05) is 0 Å². The highest BCUT2D eigenvalue weighted by Crippen LogP contribution is 2.35. The third-order valence-electron chi connectivity index (χ3n) is 5.27. The zero-order chi connectivity index (χ0) is 20.1. The first-order valence-electron chi connectivity index (χ1n) is 9.58. The number of fused-ring (bicyclic) bond motifs is 5. The van der Waals surface area contributed by atoms with Crippen molar-refractivity contribution in [3.05, 3.63) is 90.2 Å². The lowest BCUT2D eigenvalue weighted by Crippen LogP contribution is -1.96. The van der Waals surface area contributed by atoms with E-state index >= 15 is 0 Å². The van der Waals surface area contributed by atoms with E-state index in [1.165, 1.54) is 10.8 Å². The molecule has 0 N–H and O–H groups in total. The molecule has 4 nitrogen and oxygen atoms in total. The van der Waals surface area contributed by atoms with Crippen molar-refractivity contribution >= 4 is 44.1 Å². The first kappa shape index (κ1) is 17.1. The van der Waals surface area contributed by atoms with Crippen LogP contribution in [0.25, 0.3) is 55.5 Å². The van der Waals surface area contributed by atoms with Crippen molar-refractivity contribution in [2.45, 2.75) is 0 Å². The van der Waals surface area contributed by atoms with Crippen LogP contribution in [0, 0.1) is 0 Å². The minimum Gasteiger partial charge on any atom is -0.452 e. The number of hydrogen-bond donors (Lipinski definition) is 0. The molecule has 0 bridgehead atoms. The first-order chi connectivity index (χ1) is 14.8. The summed E-state index contributed by atoms with van der Waals surface area (Å²) in [5, 5.41) is 5.74. The summed E-state index contributed by atoms with van der Waals surface area (Å²) in [7, 11) is 0. The fourth-order valence-corrected chi connectivity index (χ4v) is 4.03. The Bertz CT molecular complexity index is 1560. The summed E-state index contributed by atoms with van der Waals surface area (Å²) in [6, 6.07) is 28.4. The SMILES string of the molecule is Clc1nc(-c2ccccc2)nc(-c2cc3ccc4c5ccccc5ccc4c3o2)n1. The van der Waals surface area contributed by atoms with E-state index in [-0.39, 0.29) is 5.28 Å². The topological polar surface area (TPSA) is 51.8 Å². The second-order valence-electron chi connectivity index (χ2n) is 7.09. The molecule has 0 amide bonds. The molecule has 0 radical (unpaired) electrons. The van der Waals surface area contributed by atoms with Gasteiger partial charge in [-0.3, -0.25) is 0 Å². The van der Waals surface area contributed by atoms with Gasteiger partial charge in [0.25, 0.3) is 0 Å². The molecule has 0 spiro atoms. The van der Waals surface area contributed by atoms with Gasteiger partial charge in [0.1, 0.15) is 5.58 Å². The number of furan rings is 1. The number of aromatic nitrogens is 3. The van der Waals surface area contributed by atoms with Gasteiger partial charge in [-0.1, -0.05) is 72.8 Å². The van der Waals surface area contributed by atoms with Crippen molar-refractivity contribution in [1.82, 2.24) is 15.0 Å². The Morgan fingerprint density at radius 3 is 2.23 bits per heavy atom. The predicted molar refractivity (Wildman–Crippen MR) is 120 cm³/mol. The quantitative estimate of drug-likeness (QED) is 0.292. The van der Waals surface area contributed by atoms with Crippen LogP contribution in [-0.2, 0) is 0 Å². The molecule has 0 atom stereocenters. The van der Waals surface area contributed by atoms with Gasteiger partial charge in [-0.05, 0) is 39.9 Å². The van der Waals surface area contributed by atoms with Gasteiger partial charge in [-0.2, -0.15) is 9.97 Å². The van der Waals surface area contributed by atoms with Crippen LogP contribution in [0.5, 0.6) is 0 Å². The van der Waals surface area contributed by atoms with Crippen molar-refractivity contribution in [3.8, 4) is 23.0 Å². The van der Waals surface area contributed by atoms with Crippen molar-refractivity contribution in [1.29, 1.82) is 0 Å². The molecule has 30 heavy (non-hydrogen) atoms. The second kappa shape index (κ2) is 6.65. The molecule has 142 valence electrons. The van der Waals surface area contributed by atoms with Gasteiger partial charge in [-0.15, -0.1) is 0 Å². The average Bonchev–Trinajstić information content (AvgIpc) is 3.24. The summed E-state index contributed by atoms with van der Waals surface area (Å²) < 4.78 is 6.25. The average molecular weight is 408 g/mol. The Kier molecular flexibility index (Phi) is 3.79. The van der Waals surface area contributed by atoms with Gasteiger partial charge in [0.05, 0.1) is 0 Å². The number of rotatable bonds is 2. The highest BCUT2D eigenvalue weighted by atomic mass is 35.5. The number of hydrogen-bond acceptors (Lipinski definition) is 4. The summed E-state index contributed by atoms with van der Waals surface area (Å²) in [5.74, 6) is 1.49. The molecule has 0 unspecified atom stereocenters. The molecule has 0 saturated heterocycles. The van der Waals surface area contributed by atoms with Gasteiger partial charge in [0, 0.05) is 16.3 Å². The van der Waals surface area contributed by atoms with Crippen LogP contribution in [0.4, 0.5) is 0 Å². The second-order valence-corrected chi connectivity index (χ2v) is 7.43. The van der Waals surface area contributed by atoms with Crippen LogP contribution in [0.3, 0.4) is 0 Å². The molecular weight excluding hydrogens is 394 g/mol. The van der Waals surface area contributed by atoms with Crippen LogP contribution in [0.2, 0.25) is 5.28 Å². The molecule has 0 aliphatic rings. The molecule has 6 rings (SSSR count). The summed E-state index contributed by atoms with van der Waals surface area (Å²) in [4.78, 5) is 13.2. The Labute approximate surface area is 176 Å². The van der Waals surface area contributed by atoms with E-state index in [2.05, 4.69) is 57.4 Å². The van der Waals surface area contributed by atoms with Crippen molar-refractivity contribution in [2.24, 2.45) is 0 Å². The van der Waals surface area contributed by atoms with E-state index in [4.69, 9.17) is 16.0 Å². The first-order valence-corrected chi connectivity index (χ1v) is 9.95. The van der Waals surface area contributed by atoms with E-state index in [1.807, 2.05) is 42.5 Å². The lowest BCUT2D eigenvalue weighted by Gasteiger charge is -2.04. The lowest BCUT2D eigenvalue weighted by molar-refractivity contribution is 0.628. The van der Waals surface area contributed by atoms with Gasteiger partial charge < -0.3 is 4.42 Å². The minimum atomic E-state index is 0.134. The van der Waals surface area contributed by atoms with Crippen LogP contribution in [0.15, 0.2) is 89.3 Å². The van der Waals surface area contributed by atoms with Crippen LogP contribution >= 0.6 is 11.6 Å². The molecule has 0 saturated carbocycles. The van der Waals surface area contributed by atoms with Gasteiger partial charge in [-0.25, -0.2) is 4.98 Å². The molecule has 2 aromatic heterocycles. The molecule has 0 fully saturated rings. The predicted octanol–water partition coefficient (Wildman–Crippen LogP) is 6.91. The van der Waals surface area contributed by atoms with Gasteiger partial charge in [0.15, 0.2) is 11.6 Å². The van der Waals surface area contributed by atoms with Crippen LogP contribution < -0.4 is 0 Å². The molecular formula is C25H14ClN3O. The molecule has 2 heterocycles. The zero-order valence-corrected chi connectivity index (χ0v) is 16.5. The number of benzene rings is 4. The monoisotopic (exact) mass is 407 g/mol.